The molecule has 6 rings (SSSR count). The van der Waals surface area contributed by atoms with Gasteiger partial charge in [0.15, 0.2) is 11.6 Å². The molecule has 0 fully saturated rings. The van der Waals surface area contributed by atoms with E-state index in [9.17, 15) is 0 Å². The van der Waals surface area contributed by atoms with Crippen LogP contribution in [0.1, 0.15) is 0 Å². The fraction of sp³-hybridized carbons (Fsp3) is 0. The third-order valence-corrected chi connectivity index (χ3v) is 5.65. The average molecular weight is 434 g/mol. The van der Waals surface area contributed by atoms with Crippen LogP contribution < -0.4 is 0 Å². The number of halogens is 1. The molecule has 0 aliphatic heterocycles. The maximum Gasteiger partial charge on any atom is 0.226 e. The number of benzene rings is 4. The fourth-order valence-electron chi connectivity index (χ4n) is 3.99. The molecule has 152 valence electrons. The Morgan fingerprint density at radius 3 is 2.16 bits per heavy atom. The third kappa shape index (κ3) is 3.22. The van der Waals surface area contributed by atoms with Crippen molar-refractivity contribution in [1.29, 1.82) is 0 Å². The monoisotopic (exact) mass is 433 g/mol. The molecule has 0 radical (unpaired) electrons. The lowest BCUT2D eigenvalue weighted by molar-refractivity contribution is 0.669. The smallest absolute Gasteiger partial charge is 0.226 e. The summed E-state index contributed by atoms with van der Waals surface area (Å²) in [6, 6.07) is 32.2. The molecule has 0 amide bonds. The van der Waals surface area contributed by atoms with Gasteiger partial charge in [0, 0.05) is 16.3 Å². The Morgan fingerprint density at radius 2 is 1.25 bits per heavy atom. The predicted octanol–water partition coefficient (Wildman–Crippen LogP) is 7.43. The minimum atomic E-state index is 0.142. The summed E-state index contributed by atoms with van der Waals surface area (Å²) >= 11 is 6.34. The fourth-order valence-corrected chi connectivity index (χ4v) is 4.15. The van der Waals surface area contributed by atoms with E-state index in [0.29, 0.717) is 11.6 Å². The number of hydrogen-bond donors (Lipinski definition) is 0. The molecule has 0 aliphatic rings. The molecule has 0 spiro atoms. The maximum atomic E-state index is 6.34. The lowest BCUT2D eigenvalue weighted by atomic mass is 10.0. The van der Waals surface area contributed by atoms with E-state index in [4.69, 9.17) is 21.0 Å². The van der Waals surface area contributed by atoms with Crippen molar-refractivity contribution in [1.82, 2.24) is 15.0 Å². The zero-order valence-corrected chi connectivity index (χ0v) is 17.6. The first kappa shape index (κ1) is 18.7. The van der Waals surface area contributed by atoms with Gasteiger partial charge in [-0.3, -0.25) is 0 Å². The molecule has 5 heteroatoms. The first-order chi connectivity index (χ1) is 15.8. The van der Waals surface area contributed by atoms with E-state index in [-0.39, 0.29) is 5.28 Å². The number of hydrogen-bond acceptors (Lipinski definition) is 4. The van der Waals surface area contributed by atoms with Gasteiger partial charge in [-0.15, -0.1) is 0 Å². The van der Waals surface area contributed by atoms with Gasteiger partial charge >= 0.3 is 0 Å². The van der Waals surface area contributed by atoms with Crippen LogP contribution in [0.3, 0.4) is 0 Å². The van der Waals surface area contributed by atoms with Crippen molar-refractivity contribution in [3.63, 3.8) is 0 Å². The highest BCUT2D eigenvalue weighted by Gasteiger charge is 2.16. The Labute approximate surface area is 189 Å². The molecule has 0 N–H and O–H groups in total. The topological polar surface area (TPSA) is 51.8 Å². The molecule has 0 saturated carbocycles. The van der Waals surface area contributed by atoms with Gasteiger partial charge in [-0.05, 0) is 40.9 Å². The van der Waals surface area contributed by atoms with Gasteiger partial charge in [0.1, 0.15) is 11.2 Å². The third-order valence-electron chi connectivity index (χ3n) is 5.48. The van der Waals surface area contributed by atoms with Crippen molar-refractivity contribution >= 4 is 33.5 Å². The summed E-state index contributed by atoms with van der Waals surface area (Å²) in [5.41, 5.74) is 5.42. The first-order valence-corrected chi connectivity index (χ1v) is 10.6. The number of aromatic nitrogens is 3. The van der Waals surface area contributed by atoms with Crippen molar-refractivity contribution in [2.24, 2.45) is 0 Å². The Morgan fingerprint density at radius 1 is 0.562 bits per heavy atom. The largest absolute Gasteiger partial charge is 0.455 e. The SMILES string of the molecule is Clc1nc(-c2cccc(-c3ccccc3)c2)nc(-c2cccc3c2oc2ccccc23)n1. The van der Waals surface area contributed by atoms with Crippen LogP contribution >= 0.6 is 11.6 Å². The lowest BCUT2D eigenvalue weighted by Gasteiger charge is -2.07. The summed E-state index contributed by atoms with van der Waals surface area (Å²) in [6.45, 7) is 0. The van der Waals surface area contributed by atoms with Gasteiger partial charge in [0.05, 0.1) is 5.56 Å². The van der Waals surface area contributed by atoms with Crippen LogP contribution in [-0.4, -0.2) is 15.0 Å². The summed E-state index contributed by atoms with van der Waals surface area (Å²) in [7, 11) is 0. The summed E-state index contributed by atoms with van der Waals surface area (Å²) < 4.78 is 6.16. The highest BCUT2D eigenvalue weighted by Crippen LogP contribution is 2.35. The standard InChI is InChI=1S/C27H16ClN3O/c28-27-30-25(19-11-6-10-18(16-19)17-8-2-1-3-9-17)29-26(31-27)22-14-7-13-21-20-12-4-5-15-23(20)32-24(21)22/h1-16H. The summed E-state index contributed by atoms with van der Waals surface area (Å²) in [6.07, 6.45) is 0. The van der Waals surface area contributed by atoms with Crippen LogP contribution in [0.5, 0.6) is 0 Å². The molecule has 32 heavy (non-hydrogen) atoms. The quantitative estimate of drug-likeness (QED) is 0.291. The molecular formula is C27H16ClN3O. The number of para-hydroxylation sites is 2. The van der Waals surface area contributed by atoms with Gasteiger partial charge in [-0.2, -0.15) is 9.97 Å². The Kier molecular flexibility index (Phi) is 4.44. The van der Waals surface area contributed by atoms with Crippen LogP contribution in [0.25, 0.3) is 55.8 Å². The molecule has 4 nitrogen and oxygen atoms in total. The van der Waals surface area contributed by atoms with Crippen molar-refractivity contribution in [3.05, 3.63) is 102 Å². The first-order valence-electron chi connectivity index (χ1n) is 10.2. The number of furan rings is 1. The van der Waals surface area contributed by atoms with Gasteiger partial charge in [-0.1, -0.05) is 78.9 Å². The molecule has 4 aromatic carbocycles. The Hall–Kier alpha value is -4.02. The van der Waals surface area contributed by atoms with E-state index < -0.39 is 0 Å². The van der Waals surface area contributed by atoms with E-state index >= 15 is 0 Å². The van der Waals surface area contributed by atoms with Crippen LogP contribution in [-0.2, 0) is 0 Å². The van der Waals surface area contributed by atoms with Crippen molar-refractivity contribution < 1.29 is 4.42 Å². The number of nitrogens with zero attached hydrogens (tertiary/aromatic N) is 3. The minimum absolute atomic E-state index is 0.142. The minimum Gasteiger partial charge on any atom is -0.455 e. The van der Waals surface area contributed by atoms with Crippen molar-refractivity contribution in [3.8, 4) is 33.9 Å². The van der Waals surface area contributed by atoms with Crippen LogP contribution in [0, 0.1) is 0 Å². The van der Waals surface area contributed by atoms with E-state index in [0.717, 1.165) is 44.2 Å². The maximum absolute atomic E-state index is 6.34. The van der Waals surface area contributed by atoms with E-state index in [2.05, 4.69) is 34.2 Å². The Bertz CT molecular complexity index is 1590. The van der Waals surface area contributed by atoms with Crippen molar-refractivity contribution in [2.45, 2.75) is 0 Å². The van der Waals surface area contributed by atoms with E-state index in [1.54, 1.807) is 0 Å². The van der Waals surface area contributed by atoms with Gasteiger partial charge in [0.25, 0.3) is 0 Å². The van der Waals surface area contributed by atoms with Gasteiger partial charge in [0.2, 0.25) is 5.28 Å². The zero-order chi connectivity index (χ0) is 21.5. The van der Waals surface area contributed by atoms with E-state index in [1.807, 2.05) is 72.8 Å². The summed E-state index contributed by atoms with van der Waals surface area (Å²) in [5.74, 6) is 1.00. The molecule has 0 bridgehead atoms. The normalized spacial score (nSPS) is 11.3. The molecule has 2 aromatic heterocycles. The molecular weight excluding hydrogens is 418 g/mol. The highest BCUT2D eigenvalue weighted by molar-refractivity contribution is 6.28. The predicted molar refractivity (Wildman–Crippen MR) is 128 cm³/mol. The van der Waals surface area contributed by atoms with Crippen LogP contribution in [0.4, 0.5) is 0 Å². The van der Waals surface area contributed by atoms with Crippen molar-refractivity contribution in [2.75, 3.05) is 0 Å². The zero-order valence-electron chi connectivity index (χ0n) is 16.9. The second-order valence-corrected chi connectivity index (χ2v) is 7.82. The molecule has 0 saturated heterocycles. The van der Waals surface area contributed by atoms with E-state index in [1.165, 1.54) is 0 Å². The second kappa shape index (κ2) is 7.59. The van der Waals surface area contributed by atoms with Crippen LogP contribution in [0.2, 0.25) is 5.28 Å². The molecule has 0 atom stereocenters. The molecule has 6 aromatic rings. The second-order valence-electron chi connectivity index (χ2n) is 7.48. The highest BCUT2D eigenvalue weighted by atomic mass is 35.5. The van der Waals surface area contributed by atoms with Gasteiger partial charge < -0.3 is 4.42 Å². The molecule has 2 heterocycles. The van der Waals surface area contributed by atoms with Crippen LogP contribution in [0.15, 0.2) is 101 Å². The number of fused-ring (bicyclic) bond motifs is 3. The molecule has 0 aliphatic carbocycles. The summed E-state index contributed by atoms with van der Waals surface area (Å²) in [5, 5.41) is 2.21. The lowest BCUT2D eigenvalue weighted by Crippen LogP contribution is -1.97. The Balaban J connectivity index is 1.51. The van der Waals surface area contributed by atoms with Gasteiger partial charge in [-0.25, -0.2) is 4.98 Å². The average Bonchev–Trinajstić information content (AvgIpc) is 3.23. The summed E-state index contributed by atoms with van der Waals surface area (Å²) in [4.78, 5) is 13.6. The number of rotatable bonds is 3. The molecule has 0 unspecified atom stereocenters.